The molecular formula is C24H23FN2O4S2. The van der Waals surface area contributed by atoms with E-state index in [1.54, 1.807) is 24.3 Å². The lowest BCUT2D eigenvalue weighted by atomic mass is 10.1. The monoisotopic (exact) mass is 486 g/mol. The molecule has 0 atom stereocenters. The van der Waals surface area contributed by atoms with Crippen LogP contribution in [-0.4, -0.2) is 38.5 Å². The maximum atomic E-state index is 13.5. The second-order valence-electron chi connectivity index (χ2n) is 7.84. The Bertz CT molecular complexity index is 1400. The third kappa shape index (κ3) is 4.51. The molecule has 0 radical (unpaired) electrons. The Hall–Kier alpha value is -3.17. The minimum atomic E-state index is -3.98. The normalized spacial score (nSPS) is 14.8. The van der Waals surface area contributed by atoms with Gasteiger partial charge in [-0.3, -0.25) is 8.61 Å². The van der Waals surface area contributed by atoms with Crippen molar-refractivity contribution in [3.8, 4) is 0 Å². The van der Waals surface area contributed by atoms with Gasteiger partial charge in [-0.15, -0.1) is 0 Å². The number of nitrogens with zero attached hydrogens (tertiary/aromatic N) is 2. The summed E-state index contributed by atoms with van der Waals surface area (Å²) in [5, 5.41) is 0. The van der Waals surface area contributed by atoms with E-state index in [9.17, 15) is 21.2 Å². The predicted molar refractivity (Wildman–Crippen MR) is 125 cm³/mol. The lowest BCUT2D eigenvalue weighted by molar-refractivity contribution is 0.421. The molecule has 0 aromatic heterocycles. The first-order valence-electron chi connectivity index (χ1n) is 10.2. The Morgan fingerprint density at radius 1 is 0.667 bits per heavy atom. The fourth-order valence-electron chi connectivity index (χ4n) is 3.54. The van der Waals surface area contributed by atoms with Crippen LogP contribution in [0.3, 0.4) is 0 Å². The molecule has 0 fully saturated rings. The minimum Gasteiger partial charge on any atom is -0.269 e. The highest BCUT2D eigenvalue weighted by molar-refractivity contribution is 7.90. The summed E-state index contributed by atoms with van der Waals surface area (Å²) in [6.45, 7) is 3.56. The van der Waals surface area contributed by atoms with Gasteiger partial charge >= 0.3 is 0 Å². The van der Waals surface area contributed by atoms with Crippen molar-refractivity contribution in [3.63, 3.8) is 0 Å². The summed E-state index contributed by atoms with van der Waals surface area (Å²) in [7, 11) is -7.88. The van der Waals surface area contributed by atoms with Crippen LogP contribution in [0, 0.1) is 19.7 Å². The molecule has 0 saturated carbocycles. The molecule has 1 aliphatic heterocycles. The van der Waals surface area contributed by atoms with Crippen molar-refractivity contribution in [1.29, 1.82) is 0 Å². The second-order valence-corrected chi connectivity index (χ2v) is 11.6. The van der Waals surface area contributed by atoms with Crippen molar-refractivity contribution in [3.05, 3.63) is 102 Å². The Labute approximate surface area is 193 Å². The summed E-state index contributed by atoms with van der Waals surface area (Å²) in [6, 6.07) is 18.2. The predicted octanol–water partition coefficient (Wildman–Crippen LogP) is 4.14. The first kappa shape index (κ1) is 23.0. The van der Waals surface area contributed by atoms with E-state index in [0.29, 0.717) is 5.56 Å². The van der Waals surface area contributed by atoms with Crippen LogP contribution in [0.2, 0.25) is 0 Å². The number of halogens is 1. The van der Waals surface area contributed by atoms with Crippen molar-refractivity contribution in [2.45, 2.75) is 23.6 Å². The Balaban J connectivity index is 1.82. The van der Waals surface area contributed by atoms with E-state index in [2.05, 4.69) is 0 Å². The molecule has 3 aromatic carbocycles. The van der Waals surface area contributed by atoms with Crippen LogP contribution in [0.5, 0.6) is 0 Å². The maximum absolute atomic E-state index is 13.5. The SMILES string of the molecule is Cc1ccc(S(=O)(=O)N2C=C(c3ccc(F)cc3)N(S(=O)(=O)c3ccc(C)cc3)CC2)cc1. The molecule has 172 valence electrons. The highest BCUT2D eigenvalue weighted by Gasteiger charge is 2.34. The molecule has 0 bridgehead atoms. The molecule has 0 aliphatic carbocycles. The summed E-state index contributed by atoms with van der Waals surface area (Å²) in [4.78, 5) is 0.202. The van der Waals surface area contributed by atoms with E-state index in [1.165, 1.54) is 59.0 Å². The zero-order valence-corrected chi connectivity index (χ0v) is 19.8. The van der Waals surface area contributed by atoms with Gasteiger partial charge in [-0.2, -0.15) is 0 Å². The van der Waals surface area contributed by atoms with E-state index in [-0.39, 0.29) is 28.6 Å². The number of sulfonamides is 2. The number of hydrogen-bond donors (Lipinski definition) is 0. The van der Waals surface area contributed by atoms with Crippen LogP contribution in [0.15, 0.2) is 88.8 Å². The smallest absolute Gasteiger partial charge is 0.264 e. The third-order valence-corrected chi connectivity index (χ3v) is 9.04. The molecule has 1 heterocycles. The lowest BCUT2D eigenvalue weighted by Gasteiger charge is -2.35. The highest BCUT2D eigenvalue weighted by Crippen LogP contribution is 2.32. The van der Waals surface area contributed by atoms with Crippen LogP contribution in [-0.2, 0) is 20.0 Å². The molecule has 0 spiro atoms. The molecule has 0 amide bonds. The zero-order valence-electron chi connectivity index (χ0n) is 18.1. The van der Waals surface area contributed by atoms with Gasteiger partial charge in [0.05, 0.1) is 28.6 Å². The van der Waals surface area contributed by atoms with Gasteiger partial charge in [0.2, 0.25) is 0 Å². The van der Waals surface area contributed by atoms with Gasteiger partial charge < -0.3 is 0 Å². The van der Waals surface area contributed by atoms with Crippen molar-refractivity contribution in [2.24, 2.45) is 0 Å². The Kier molecular flexibility index (Phi) is 6.02. The highest BCUT2D eigenvalue weighted by atomic mass is 32.2. The lowest BCUT2D eigenvalue weighted by Crippen LogP contribution is -2.43. The fraction of sp³-hybridized carbons (Fsp3) is 0.167. The number of benzene rings is 3. The maximum Gasteiger partial charge on any atom is 0.264 e. The fourth-order valence-corrected chi connectivity index (χ4v) is 6.32. The van der Waals surface area contributed by atoms with Crippen molar-refractivity contribution in [2.75, 3.05) is 13.1 Å². The van der Waals surface area contributed by atoms with Crippen LogP contribution < -0.4 is 0 Å². The van der Waals surface area contributed by atoms with Crippen LogP contribution >= 0.6 is 0 Å². The Morgan fingerprint density at radius 2 is 1.15 bits per heavy atom. The molecule has 33 heavy (non-hydrogen) atoms. The van der Waals surface area contributed by atoms with Crippen molar-refractivity contribution >= 4 is 25.7 Å². The summed E-state index contributed by atoms with van der Waals surface area (Å²) in [6.07, 6.45) is 1.30. The topological polar surface area (TPSA) is 74.8 Å². The quantitative estimate of drug-likeness (QED) is 0.543. The zero-order chi connectivity index (χ0) is 23.8. The number of aryl methyl sites for hydroxylation is 2. The molecule has 4 rings (SSSR count). The minimum absolute atomic E-state index is 0.0635. The van der Waals surface area contributed by atoms with Gasteiger partial charge in [-0.25, -0.2) is 21.2 Å². The second kappa shape index (κ2) is 8.64. The van der Waals surface area contributed by atoms with Crippen LogP contribution in [0.25, 0.3) is 5.70 Å². The summed E-state index contributed by atoms with van der Waals surface area (Å²) in [5.74, 6) is -0.479. The third-order valence-electron chi connectivity index (χ3n) is 5.43. The molecular weight excluding hydrogens is 463 g/mol. The van der Waals surface area contributed by atoms with Crippen molar-refractivity contribution < 1.29 is 21.2 Å². The van der Waals surface area contributed by atoms with Crippen LogP contribution in [0.4, 0.5) is 4.39 Å². The average molecular weight is 487 g/mol. The molecule has 9 heteroatoms. The molecule has 6 nitrogen and oxygen atoms in total. The summed E-state index contributed by atoms with van der Waals surface area (Å²) < 4.78 is 69.3. The van der Waals surface area contributed by atoms with Gasteiger partial charge in [0.25, 0.3) is 20.0 Å². The molecule has 0 saturated heterocycles. The van der Waals surface area contributed by atoms with Crippen molar-refractivity contribution in [1.82, 2.24) is 8.61 Å². The van der Waals surface area contributed by atoms with Crippen LogP contribution in [0.1, 0.15) is 16.7 Å². The standard InChI is InChI=1S/C24H23FN2O4S2/c1-18-3-11-22(12-4-18)32(28,29)26-15-16-27(24(17-26)20-7-9-21(25)10-8-20)33(30,31)23-13-5-19(2)6-14-23/h3-14,17H,15-16H2,1-2H3. The largest absolute Gasteiger partial charge is 0.269 e. The van der Waals surface area contributed by atoms with E-state index >= 15 is 0 Å². The first-order valence-corrected chi connectivity index (χ1v) is 13.1. The average Bonchev–Trinajstić information content (AvgIpc) is 2.80. The van der Waals surface area contributed by atoms with Gasteiger partial charge in [-0.05, 0) is 62.4 Å². The number of hydrogen-bond acceptors (Lipinski definition) is 4. The van der Waals surface area contributed by atoms with Gasteiger partial charge in [-0.1, -0.05) is 35.4 Å². The van der Waals surface area contributed by atoms with Gasteiger partial charge in [0.15, 0.2) is 0 Å². The number of rotatable bonds is 5. The van der Waals surface area contributed by atoms with E-state index in [0.717, 1.165) is 15.4 Å². The molecule has 1 aliphatic rings. The van der Waals surface area contributed by atoms with E-state index in [4.69, 9.17) is 0 Å². The summed E-state index contributed by atoms with van der Waals surface area (Å²) >= 11 is 0. The van der Waals surface area contributed by atoms with E-state index < -0.39 is 25.9 Å². The first-order chi connectivity index (χ1) is 15.6. The summed E-state index contributed by atoms with van der Waals surface area (Å²) in [5.41, 5.74) is 2.37. The molecule has 0 unspecified atom stereocenters. The van der Waals surface area contributed by atoms with Gasteiger partial charge in [0.1, 0.15) is 5.82 Å². The van der Waals surface area contributed by atoms with E-state index in [1.807, 2.05) is 13.8 Å². The molecule has 0 N–H and O–H groups in total. The van der Waals surface area contributed by atoms with Gasteiger partial charge in [0, 0.05) is 11.8 Å². The molecule has 3 aromatic rings. The Morgan fingerprint density at radius 3 is 1.67 bits per heavy atom.